The molecule has 3 aromatic heterocycles. The van der Waals surface area contributed by atoms with Crippen molar-refractivity contribution in [1.82, 2.24) is 30.2 Å². The number of pyridine rings is 1. The predicted octanol–water partition coefficient (Wildman–Crippen LogP) is 3.63. The van der Waals surface area contributed by atoms with Crippen LogP contribution in [0.15, 0.2) is 55.2 Å². The van der Waals surface area contributed by atoms with E-state index in [9.17, 15) is 4.79 Å². The van der Waals surface area contributed by atoms with Gasteiger partial charge >= 0.3 is 0 Å². The van der Waals surface area contributed by atoms with Crippen LogP contribution in [0.5, 0.6) is 5.88 Å². The van der Waals surface area contributed by atoms with E-state index in [1.165, 1.54) is 12.7 Å². The fourth-order valence-electron chi connectivity index (χ4n) is 3.83. The molecule has 0 saturated heterocycles. The van der Waals surface area contributed by atoms with E-state index in [0.717, 1.165) is 34.1 Å². The van der Waals surface area contributed by atoms with Crippen LogP contribution < -0.4 is 15.4 Å². The summed E-state index contributed by atoms with van der Waals surface area (Å²) in [5.74, 6) is 1.03. The first-order valence-electron chi connectivity index (χ1n) is 11.0. The Kier molecular flexibility index (Phi) is 6.62. The second-order valence-electron chi connectivity index (χ2n) is 8.15. The Bertz CT molecular complexity index is 1310. The Morgan fingerprint density at radius 2 is 1.88 bits per heavy atom. The number of benzene rings is 1. The Balaban J connectivity index is 1.62. The number of carbonyl (C=O) groups is 1. The normalized spacial score (nSPS) is 12.7. The molecule has 9 heteroatoms. The molecule has 0 radical (unpaired) electrons. The van der Waals surface area contributed by atoms with Gasteiger partial charge in [-0.3, -0.25) is 4.79 Å². The molecular formula is C25H27N7O2. The molecular weight excluding hydrogens is 430 g/mol. The van der Waals surface area contributed by atoms with Crippen molar-refractivity contribution < 1.29 is 9.53 Å². The molecule has 0 aliphatic heterocycles. The smallest absolute Gasteiger partial charge is 0.270 e. The van der Waals surface area contributed by atoms with Gasteiger partial charge in [-0.25, -0.2) is 24.9 Å². The van der Waals surface area contributed by atoms with Gasteiger partial charge < -0.3 is 15.4 Å². The van der Waals surface area contributed by atoms with Gasteiger partial charge in [0.1, 0.15) is 24.2 Å². The number of methoxy groups -OCH3 is 1. The summed E-state index contributed by atoms with van der Waals surface area (Å²) in [6.45, 7) is 4.92. The highest BCUT2D eigenvalue weighted by Gasteiger charge is 2.28. The maximum atomic E-state index is 12.3. The number of fused-ring (bicyclic) bond motifs is 1. The molecule has 9 nitrogen and oxygen atoms in total. The molecule has 1 aromatic carbocycles. The van der Waals surface area contributed by atoms with E-state index in [1.807, 2.05) is 24.3 Å². The van der Waals surface area contributed by atoms with Crippen molar-refractivity contribution in [2.75, 3.05) is 26.0 Å². The largest absolute Gasteiger partial charge is 0.481 e. The number of ether oxygens (including phenoxy) is 1. The maximum absolute atomic E-state index is 12.3. The molecule has 1 amide bonds. The van der Waals surface area contributed by atoms with E-state index in [-0.39, 0.29) is 11.3 Å². The first-order chi connectivity index (χ1) is 16.5. The van der Waals surface area contributed by atoms with E-state index in [2.05, 4.69) is 55.5 Å². The van der Waals surface area contributed by atoms with Crippen LogP contribution in [0.4, 0.5) is 5.82 Å². The second kappa shape index (κ2) is 9.78. The number of nitrogens with one attached hydrogen (secondary N) is 2. The number of hydrogen-bond donors (Lipinski definition) is 2. The van der Waals surface area contributed by atoms with Crippen molar-refractivity contribution in [2.24, 2.45) is 0 Å². The number of nitrogens with zero attached hydrogens (tertiary/aromatic N) is 5. The lowest BCUT2D eigenvalue weighted by molar-refractivity contribution is 0.0960. The van der Waals surface area contributed by atoms with Crippen LogP contribution in [0.1, 0.15) is 36.3 Å². The molecule has 174 valence electrons. The zero-order chi connectivity index (χ0) is 24.1. The lowest BCUT2D eigenvalue weighted by Crippen LogP contribution is -2.31. The average Bonchev–Trinajstić information content (AvgIpc) is 2.90. The molecule has 1 atom stereocenters. The van der Waals surface area contributed by atoms with Crippen LogP contribution in [0.3, 0.4) is 0 Å². The molecule has 0 aliphatic rings. The van der Waals surface area contributed by atoms with Gasteiger partial charge in [0.05, 0.1) is 18.3 Å². The number of aromatic nitrogens is 5. The molecule has 2 N–H and O–H groups in total. The first kappa shape index (κ1) is 23.0. The fraction of sp³-hybridized carbons (Fsp3) is 0.280. The number of rotatable bonds is 8. The summed E-state index contributed by atoms with van der Waals surface area (Å²) in [5.41, 5.74) is 3.54. The first-order valence-corrected chi connectivity index (χ1v) is 11.0. The number of hydrogen-bond acceptors (Lipinski definition) is 8. The van der Waals surface area contributed by atoms with Crippen LogP contribution in [0.25, 0.3) is 22.2 Å². The molecule has 0 unspecified atom stereocenters. The third-order valence-electron chi connectivity index (χ3n) is 6.11. The van der Waals surface area contributed by atoms with Gasteiger partial charge in [0, 0.05) is 48.3 Å². The predicted molar refractivity (Wildman–Crippen MR) is 131 cm³/mol. The van der Waals surface area contributed by atoms with Crippen LogP contribution in [-0.4, -0.2) is 51.5 Å². The highest BCUT2D eigenvalue weighted by atomic mass is 16.5. The number of para-hydroxylation sites is 1. The van der Waals surface area contributed by atoms with Gasteiger partial charge in [0.2, 0.25) is 5.88 Å². The van der Waals surface area contributed by atoms with Crippen LogP contribution in [0, 0.1) is 0 Å². The van der Waals surface area contributed by atoms with Crippen LogP contribution >= 0.6 is 0 Å². The van der Waals surface area contributed by atoms with Gasteiger partial charge in [0.25, 0.3) is 5.91 Å². The van der Waals surface area contributed by atoms with Gasteiger partial charge in [-0.2, -0.15) is 0 Å². The maximum Gasteiger partial charge on any atom is 0.270 e. The third-order valence-corrected chi connectivity index (χ3v) is 6.11. The van der Waals surface area contributed by atoms with Gasteiger partial charge in [-0.05, 0) is 18.1 Å². The van der Waals surface area contributed by atoms with E-state index in [4.69, 9.17) is 4.74 Å². The summed E-state index contributed by atoms with van der Waals surface area (Å²) in [4.78, 5) is 34.1. The molecule has 34 heavy (non-hydrogen) atoms. The Hall–Kier alpha value is -4.14. The van der Waals surface area contributed by atoms with Gasteiger partial charge in [0.15, 0.2) is 0 Å². The minimum absolute atomic E-state index is 0.234. The summed E-state index contributed by atoms with van der Waals surface area (Å²) >= 11 is 0. The van der Waals surface area contributed by atoms with E-state index in [1.54, 1.807) is 26.4 Å². The van der Waals surface area contributed by atoms with E-state index < -0.39 is 0 Å². The van der Waals surface area contributed by atoms with Crippen molar-refractivity contribution in [2.45, 2.75) is 25.7 Å². The molecule has 3 heterocycles. The van der Waals surface area contributed by atoms with Crippen LogP contribution in [-0.2, 0) is 5.41 Å². The second-order valence-corrected chi connectivity index (χ2v) is 8.15. The summed E-state index contributed by atoms with van der Waals surface area (Å²) in [6.07, 6.45) is 5.55. The summed E-state index contributed by atoms with van der Waals surface area (Å²) in [7, 11) is 3.18. The van der Waals surface area contributed by atoms with Crippen molar-refractivity contribution >= 4 is 22.6 Å². The fourth-order valence-corrected chi connectivity index (χ4v) is 3.83. The Labute approximate surface area is 198 Å². The summed E-state index contributed by atoms with van der Waals surface area (Å²) in [6, 6.07) is 11.5. The topological polar surface area (TPSA) is 115 Å². The quantitative estimate of drug-likeness (QED) is 0.412. The van der Waals surface area contributed by atoms with Gasteiger partial charge in [-0.15, -0.1) is 0 Å². The highest BCUT2D eigenvalue weighted by molar-refractivity contribution is 6.04. The minimum atomic E-state index is -0.277. The molecule has 4 aromatic rings. The number of carbonyl (C=O) groups excluding carboxylic acids is 1. The van der Waals surface area contributed by atoms with Crippen molar-refractivity contribution in [1.29, 1.82) is 0 Å². The Morgan fingerprint density at radius 3 is 2.59 bits per heavy atom. The van der Waals surface area contributed by atoms with E-state index in [0.29, 0.717) is 23.9 Å². The monoisotopic (exact) mass is 457 g/mol. The molecule has 0 saturated carbocycles. The minimum Gasteiger partial charge on any atom is -0.481 e. The van der Waals surface area contributed by atoms with Crippen molar-refractivity contribution in [3.05, 3.63) is 66.5 Å². The van der Waals surface area contributed by atoms with Crippen molar-refractivity contribution in [3.63, 3.8) is 0 Å². The average molecular weight is 458 g/mol. The lowest BCUT2D eigenvalue weighted by Gasteiger charge is -2.30. The van der Waals surface area contributed by atoms with Crippen molar-refractivity contribution in [3.8, 4) is 17.1 Å². The standard InChI is InChI=1S/C25H27N7O2/c1-5-25(2,18-8-6-7-17-22(18)31-15-32-23(17)24(33)26-3)13-28-20-11-19(29-14-30-20)16-9-10-21(34-4)27-12-16/h6-12,14-15H,5,13H2,1-4H3,(H,26,33)(H,28,29,30)/t25-/m0/s1. The summed E-state index contributed by atoms with van der Waals surface area (Å²) < 4.78 is 5.13. The highest BCUT2D eigenvalue weighted by Crippen LogP contribution is 2.33. The zero-order valence-electron chi connectivity index (χ0n) is 19.7. The molecule has 0 spiro atoms. The number of amides is 1. The zero-order valence-corrected chi connectivity index (χ0v) is 19.7. The third kappa shape index (κ3) is 4.50. The lowest BCUT2D eigenvalue weighted by atomic mass is 9.78. The molecule has 4 rings (SSSR count). The molecule has 0 bridgehead atoms. The molecule has 0 fully saturated rings. The number of anilines is 1. The SMILES string of the molecule is CC[C@@](C)(CNc1cc(-c2ccc(OC)nc2)ncn1)c1cccc2c(C(=O)NC)ncnc12. The van der Waals surface area contributed by atoms with E-state index >= 15 is 0 Å². The molecule has 0 aliphatic carbocycles. The van der Waals surface area contributed by atoms with Gasteiger partial charge in [-0.1, -0.05) is 32.0 Å². The van der Waals surface area contributed by atoms with Crippen LogP contribution in [0.2, 0.25) is 0 Å². The Morgan fingerprint density at radius 1 is 1.06 bits per heavy atom. The summed E-state index contributed by atoms with van der Waals surface area (Å²) in [5, 5.41) is 6.84.